The highest BCUT2D eigenvalue weighted by atomic mass is 16.4. The largest absolute Gasteiger partial charge is 0.481 e. The summed E-state index contributed by atoms with van der Waals surface area (Å²) < 4.78 is 0. The first-order chi connectivity index (χ1) is 15.7. The zero-order chi connectivity index (χ0) is 26.6. The molecule has 0 aliphatic rings. The van der Waals surface area contributed by atoms with Gasteiger partial charge in [-0.1, -0.05) is 20.3 Å². The van der Waals surface area contributed by atoms with Crippen LogP contribution in [0.5, 0.6) is 0 Å². The monoisotopic (exact) mass is 489 g/mol. The lowest BCUT2D eigenvalue weighted by atomic mass is 9.96. The maximum absolute atomic E-state index is 12.9. The second kappa shape index (κ2) is 14.8. The lowest BCUT2D eigenvalue weighted by Gasteiger charge is -2.28. The van der Waals surface area contributed by atoms with E-state index in [-0.39, 0.29) is 19.3 Å². The Morgan fingerprint density at radius 2 is 1.38 bits per heavy atom. The molecule has 6 unspecified atom stereocenters. The molecule has 10 N–H and O–H groups in total. The molecule has 0 aliphatic carbocycles. The van der Waals surface area contributed by atoms with Crippen LogP contribution in [0.15, 0.2) is 0 Å². The van der Waals surface area contributed by atoms with E-state index in [0.717, 1.165) is 6.92 Å². The Labute approximate surface area is 196 Å². The molecule has 0 heterocycles. The third-order valence-corrected chi connectivity index (χ3v) is 5.16. The lowest BCUT2D eigenvalue weighted by molar-refractivity contribution is -0.145. The standard InChI is InChI=1S/C20H35N5O9/c1-4-9(2)15(24-17(30)11(21)5-7-13(22)27)19(32)23-12(6-8-14(28)29)18(31)25-16(10(3)26)20(33)34/h9-12,15-16,26H,4-8,21H2,1-3H3,(H2,22,27)(H,23,32)(H,24,30)(H,25,31)(H,28,29)(H,33,34). The second-order valence-corrected chi connectivity index (χ2v) is 8.04. The van der Waals surface area contributed by atoms with E-state index in [2.05, 4.69) is 16.0 Å². The molecular weight excluding hydrogens is 454 g/mol. The van der Waals surface area contributed by atoms with Crippen LogP contribution in [0.25, 0.3) is 0 Å². The maximum atomic E-state index is 12.9. The molecule has 0 saturated heterocycles. The number of carboxylic acids is 2. The minimum atomic E-state index is -1.69. The van der Waals surface area contributed by atoms with Crippen molar-refractivity contribution in [1.82, 2.24) is 16.0 Å². The maximum Gasteiger partial charge on any atom is 0.328 e. The van der Waals surface area contributed by atoms with Crippen LogP contribution in [-0.4, -0.2) is 81.2 Å². The average Bonchev–Trinajstić information content (AvgIpc) is 2.74. The number of aliphatic carboxylic acids is 2. The molecule has 14 heteroatoms. The molecule has 14 nitrogen and oxygen atoms in total. The fourth-order valence-corrected chi connectivity index (χ4v) is 2.83. The molecule has 0 saturated carbocycles. The number of nitrogens with two attached hydrogens (primary N) is 2. The predicted octanol–water partition coefficient (Wildman–Crippen LogP) is -2.59. The number of hydrogen-bond donors (Lipinski definition) is 8. The Morgan fingerprint density at radius 1 is 0.824 bits per heavy atom. The molecule has 4 amide bonds. The summed E-state index contributed by atoms with van der Waals surface area (Å²) in [5.41, 5.74) is 10.8. The van der Waals surface area contributed by atoms with E-state index in [9.17, 15) is 33.9 Å². The van der Waals surface area contributed by atoms with Crippen LogP contribution < -0.4 is 27.4 Å². The van der Waals surface area contributed by atoms with Gasteiger partial charge in [0.25, 0.3) is 0 Å². The molecule has 0 bridgehead atoms. The van der Waals surface area contributed by atoms with E-state index in [1.807, 2.05) is 0 Å². The number of nitrogens with one attached hydrogen (secondary N) is 3. The van der Waals surface area contributed by atoms with Crippen LogP contribution >= 0.6 is 0 Å². The molecule has 0 spiro atoms. The van der Waals surface area contributed by atoms with Gasteiger partial charge in [-0.15, -0.1) is 0 Å². The third-order valence-electron chi connectivity index (χ3n) is 5.16. The molecule has 0 rings (SSSR count). The summed E-state index contributed by atoms with van der Waals surface area (Å²) in [4.78, 5) is 71.1. The molecule has 194 valence electrons. The highest BCUT2D eigenvalue weighted by molar-refractivity contribution is 5.94. The first kappa shape index (κ1) is 30.7. The molecular formula is C20H35N5O9. The van der Waals surface area contributed by atoms with Crippen molar-refractivity contribution in [2.75, 3.05) is 0 Å². The smallest absolute Gasteiger partial charge is 0.328 e. The molecule has 0 fully saturated rings. The summed E-state index contributed by atoms with van der Waals surface area (Å²) in [5.74, 6) is -6.43. The van der Waals surface area contributed by atoms with Crippen molar-refractivity contribution >= 4 is 35.6 Å². The van der Waals surface area contributed by atoms with Crippen LogP contribution in [0.4, 0.5) is 0 Å². The van der Waals surface area contributed by atoms with Gasteiger partial charge in [-0.2, -0.15) is 0 Å². The average molecular weight is 490 g/mol. The molecule has 0 aliphatic heterocycles. The number of rotatable bonds is 16. The topological polar surface area (TPSA) is 251 Å². The fourth-order valence-electron chi connectivity index (χ4n) is 2.83. The summed E-state index contributed by atoms with van der Waals surface area (Å²) >= 11 is 0. The summed E-state index contributed by atoms with van der Waals surface area (Å²) in [6, 6.07) is -5.44. The Balaban J connectivity index is 5.59. The number of carbonyl (C=O) groups is 6. The van der Waals surface area contributed by atoms with E-state index in [0.29, 0.717) is 6.42 Å². The van der Waals surface area contributed by atoms with Gasteiger partial charge in [0.1, 0.15) is 12.1 Å². The van der Waals surface area contributed by atoms with E-state index in [4.69, 9.17) is 21.7 Å². The molecule has 0 aromatic rings. The molecule has 0 aromatic heterocycles. The lowest BCUT2D eigenvalue weighted by Crippen LogP contribution is -2.59. The van der Waals surface area contributed by atoms with Crippen LogP contribution in [0.1, 0.15) is 52.9 Å². The molecule has 6 atom stereocenters. The fraction of sp³-hybridized carbons (Fsp3) is 0.700. The van der Waals surface area contributed by atoms with Gasteiger partial charge in [-0.3, -0.25) is 24.0 Å². The van der Waals surface area contributed by atoms with E-state index in [1.54, 1.807) is 13.8 Å². The Kier molecular flexibility index (Phi) is 13.4. The van der Waals surface area contributed by atoms with Crippen molar-refractivity contribution in [1.29, 1.82) is 0 Å². The van der Waals surface area contributed by atoms with E-state index >= 15 is 0 Å². The zero-order valence-corrected chi connectivity index (χ0v) is 19.4. The Hall–Kier alpha value is -3.26. The van der Waals surface area contributed by atoms with Gasteiger partial charge >= 0.3 is 11.9 Å². The highest BCUT2D eigenvalue weighted by Gasteiger charge is 2.33. The Morgan fingerprint density at radius 3 is 1.82 bits per heavy atom. The van der Waals surface area contributed by atoms with Crippen molar-refractivity contribution in [3.8, 4) is 0 Å². The predicted molar refractivity (Wildman–Crippen MR) is 118 cm³/mol. The van der Waals surface area contributed by atoms with Crippen LogP contribution in [-0.2, 0) is 28.8 Å². The van der Waals surface area contributed by atoms with Gasteiger partial charge in [-0.05, 0) is 25.7 Å². The number of amides is 4. The SMILES string of the molecule is CCC(C)C(NC(=O)C(N)CCC(N)=O)C(=O)NC(CCC(=O)O)C(=O)NC(C(=O)O)C(C)O. The first-order valence-corrected chi connectivity index (χ1v) is 10.8. The van der Waals surface area contributed by atoms with Crippen molar-refractivity contribution in [3.05, 3.63) is 0 Å². The van der Waals surface area contributed by atoms with E-state index < -0.39 is 78.2 Å². The van der Waals surface area contributed by atoms with Gasteiger partial charge < -0.3 is 42.7 Å². The number of aliphatic hydroxyl groups excluding tert-OH is 1. The van der Waals surface area contributed by atoms with Gasteiger partial charge in [-0.25, -0.2) is 4.79 Å². The summed E-state index contributed by atoms with van der Waals surface area (Å²) in [6.45, 7) is 4.54. The summed E-state index contributed by atoms with van der Waals surface area (Å²) in [5, 5.41) is 34.6. The van der Waals surface area contributed by atoms with Crippen LogP contribution in [0.3, 0.4) is 0 Å². The van der Waals surface area contributed by atoms with Crippen molar-refractivity contribution < 1.29 is 44.1 Å². The minimum Gasteiger partial charge on any atom is -0.481 e. The number of primary amides is 1. The van der Waals surface area contributed by atoms with Crippen molar-refractivity contribution in [3.63, 3.8) is 0 Å². The van der Waals surface area contributed by atoms with Gasteiger partial charge in [0.2, 0.25) is 23.6 Å². The number of aliphatic hydroxyl groups is 1. The zero-order valence-electron chi connectivity index (χ0n) is 19.4. The quantitative estimate of drug-likeness (QED) is 0.112. The minimum absolute atomic E-state index is 0.0461. The Bertz CT molecular complexity index is 759. The number of carboxylic acid groups (broad SMARTS) is 2. The summed E-state index contributed by atoms with van der Waals surface area (Å²) in [6.07, 6.45) is -2.12. The van der Waals surface area contributed by atoms with Crippen molar-refractivity contribution in [2.45, 2.75) is 83.1 Å². The first-order valence-electron chi connectivity index (χ1n) is 10.8. The van der Waals surface area contributed by atoms with Crippen LogP contribution in [0.2, 0.25) is 0 Å². The van der Waals surface area contributed by atoms with Crippen molar-refractivity contribution in [2.24, 2.45) is 17.4 Å². The van der Waals surface area contributed by atoms with Gasteiger partial charge in [0, 0.05) is 12.8 Å². The molecule has 0 radical (unpaired) electrons. The highest BCUT2D eigenvalue weighted by Crippen LogP contribution is 2.11. The van der Waals surface area contributed by atoms with E-state index in [1.165, 1.54) is 0 Å². The van der Waals surface area contributed by atoms with Gasteiger partial charge in [0.05, 0.1) is 12.1 Å². The number of hydrogen-bond acceptors (Lipinski definition) is 8. The molecule has 0 aromatic carbocycles. The normalized spacial score (nSPS) is 16.1. The third kappa shape index (κ3) is 11.0. The summed E-state index contributed by atoms with van der Waals surface area (Å²) in [7, 11) is 0. The second-order valence-electron chi connectivity index (χ2n) is 8.04. The van der Waals surface area contributed by atoms with Gasteiger partial charge in [0.15, 0.2) is 6.04 Å². The van der Waals surface area contributed by atoms with Crippen LogP contribution in [0, 0.1) is 5.92 Å². The molecule has 34 heavy (non-hydrogen) atoms. The number of carbonyl (C=O) groups excluding carboxylic acids is 4.